The molecule has 5 rings (SSSR count). The van der Waals surface area contributed by atoms with Crippen molar-refractivity contribution in [1.82, 2.24) is 19.2 Å². The van der Waals surface area contributed by atoms with Crippen LogP contribution in [0, 0.1) is 5.82 Å². The number of morpholine rings is 1. The van der Waals surface area contributed by atoms with Gasteiger partial charge in [-0.05, 0) is 43.3 Å². The van der Waals surface area contributed by atoms with E-state index in [1.807, 2.05) is 24.3 Å². The number of nitrogens with zero attached hydrogens (tertiary/aromatic N) is 5. The molecule has 3 aromatic rings. The summed E-state index contributed by atoms with van der Waals surface area (Å²) in [4.78, 5) is 14.4. The van der Waals surface area contributed by atoms with Gasteiger partial charge in [-0.25, -0.2) is 22.8 Å². The standard InChI is InChI=1S/C24H28FN5O3S/c1-18(28-10-12-30(13-11-28)34(31,32)20-8-6-19(25)7-9-20)23-26-22-5-3-2-4-21(22)24(27-23)29-14-16-33-17-15-29/h2-9,18H,10-17H2,1H3/t18-/m1/s1. The van der Waals surface area contributed by atoms with E-state index in [-0.39, 0.29) is 10.9 Å². The number of halogens is 1. The largest absolute Gasteiger partial charge is 0.378 e. The predicted octanol–water partition coefficient (Wildman–Crippen LogP) is 2.67. The Balaban J connectivity index is 1.35. The minimum atomic E-state index is -3.65. The molecule has 2 aromatic carbocycles. The zero-order valence-electron chi connectivity index (χ0n) is 19.1. The number of anilines is 1. The molecule has 10 heteroatoms. The summed E-state index contributed by atoms with van der Waals surface area (Å²) in [6.07, 6.45) is 0. The number of ether oxygens (including phenoxy) is 1. The van der Waals surface area contributed by atoms with Gasteiger partial charge < -0.3 is 9.64 Å². The molecule has 2 aliphatic rings. The minimum absolute atomic E-state index is 0.0694. The molecule has 0 spiro atoms. The Hall–Kier alpha value is -2.66. The number of para-hydroxylation sites is 1. The van der Waals surface area contributed by atoms with Gasteiger partial charge >= 0.3 is 0 Å². The molecule has 0 aliphatic carbocycles. The molecule has 0 unspecified atom stereocenters. The van der Waals surface area contributed by atoms with Crippen LogP contribution in [0.2, 0.25) is 0 Å². The maximum atomic E-state index is 13.2. The van der Waals surface area contributed by atoms with Gasteiger partial charge in [0.2, 0.25) is 10.0 Å². The molecule has 0 bridgehead atoms. The quantitative estimate of drug-likeness (QED) is 0.550. The first kappa shape index (κ1) is 23.1. The van der Waals surface area contributed by atoms with E-state index in [0.29, 0.717) is 39.4 Å². The van der Waals surface area contributed by atoms with Gasteiger partial charge in [-0.3, -0.25) is 4.90 Å². The van der Waals surface area contributed by atoms with Crippen LogP contribution in [0.3, 0.4) is 0 Å². The molecule has 34 heavy (non-hydrogen) atoms. The average Bonchev–Trinajstić information content (AvgIpc) is 2.88. The van der Waals surface area contributed by atoms with Crippen LogP contribution in [0.15, 0.2) is 53.4 Å². The Kier molecular flexibility index (Phi) is 6.48. The van der Waals surface area contributed by atoms with E-state index >= 15 is 0 Å². The topological polar surface area (TPSA) is 78.9 Å². The first-order valence-electron chi connectivity index (χ1n) is 11.5. The summed E-state index contributed by atoms with van der Waals surface area (Å²) in [5.41, 5.74) is 0.901. The van der Waals surface area contributed by atoms with Gasteiger partial charge in [0.1, 0.15) is 17.5 Å². The maximum Gasteiger partial charge on any atom is 0.243 e. The predicted molar refractivity (Wildman–Crippen MR) is 128 cm³/mol. The van der Waals surface area contributed by atoms with Crippen LogP contribution in [-0.2, 0) is 14.8 Å². The SMILES string of the molecule is C[C@H](c1nc(N2CCOCC2)c2ccccc2n1)N1CCN(S(=O)(=O)c2ccc(F)cc2)CC1. The van der Waals surface area contributed by atoms with Crippen LogP contribution < -0.4 is 4.90 Å². The summed E-state index contributed by atoms with van der Waals surface area (Å²) in [5.74, 6) is 1.20. The molecule has 2 saturated heterocycles. The summed E-state index contributed by atoms with van der Waals surface area (Å²) in [5, 5.41) is 1.02. The lowest BCUT2D eigenvalue weighted by atomic mass is 10.1. The highest BCUT2D eigenvalue weighted by Gasteiger charge is 2.31. The highest BCUT2D eigenvalue weighted by Crippen LogP contribution is 2.29. The fraction of sp³-hybridized carbons (Fsp3) is 0.417. The van der Waals surface area contributed by atoms with Crippen molar-refractivity contribution in [2.75, 3.05) is 57.4 Å². The third-order valence-electron chi connectivity index (χ3n) is 6.56. The van der Waals surface area contributed by atoms with Gasteiger partial charge in [0.05, 0.1) is 29.7 Å². The number of piperazine rings is 1. The van der Waals surface area contributed by atoms with Gasteiger partial charge in [-0.2, -0.15) is 4.31 Å². The van der Waals surface area contributed by atoms with Crippen LogP contribution in [-0.4, -0.2) is 80.1 Å². The molecule has 3 heterocycles. The molecule has 0 radical (unpaired) electrons. The monoisotopic (exact) mass is 485 g/mol. The molecular formula is C24H28FN5O3S. The number of benzene rings is 2. The molecule has 2 aliphatic heterocycles. The lowest BCUT2D eigenvalue weighted by Gasteiger charge is -2.37. The molecule has 0 amide bonds. The van der Waals surface area contributed by atoms with Gasteiger partial charge in [0, 0.05) is 44.7 Å². The van der Waals surface area contributed by atoms with Gasteiger partial charge in [0.15, 0.2) is 0 Å². The highest BCUT2D eigenvalue weighted by atomic mass is 32.2. The first-order valence-corrected chi connectivity index (χ1v) is 13.0. The van der Waals surface area contributed by atoms with Crippen molar-refractivity contribution in [3.8, 4) is 0 Å². The molecule has 1 atom stereocenters. The summed E-state index contributed by atoms with van der Waals surface area (Å²) >= 11 is 0. The van der Waals surface area contributed by atoms with E-state index in [1.54, 1.807) is 0 Å². The third kappa shape index (κ3) is 4.50. The van der Waals surface area contributed by atoms with Crippen molar-refractivity contribution >= 4 is 26.7 Å². The number of hydrogen-bond donors (Lipinski definition) is 0. The number of sulfonamides is 1. The zero-order valence-corrected chi connectivity index (χ0v) is 19.9. The van der Waals surface area contributed by atoms with Crippen molar-refractivity contribution in [2.24, 2.45) is 0 Å². The smallest absolute Gasteiger partial charge is 0.243 e. The van der Waals surface area contributed by atoms with Gasteiger partial charge in [-0.15, -0.1) is 0 Å². The van der Waals surface area contributed by atoms with Gasteiger partial charge in [-0.1, -0.05) is 12.1 Å². The summed E-state index contributed by atoms with van der Waals surface area (Å²) in [6.45, 7) is 6.82. The third-order valence-corrected chi connectivity index (χ3v) is 8.47. The van der Waals surface area contributed by atoms with E-state index in [0.717, 1.165) is 35.6 Å². The summed E-state index contributed by atoms with van der Waals surface area (Å²) < 4.78 is 46.1. The normalized spacial score (nSPS) is 19.4. The Morgan fingerprint density at radius 1 is 0.912 bits per heavy atom. The van der Waals surface area contributed by atoms with Crippen LogP contribution in [0.5, 0.6) is 0 Å². The number of rotatable bonds is 5. The Morgan fingerprint density at radius 3 is 2.29 bits per heavy atom. The second-order valence-corrected chi connectivity index (χ2v) is 10.5. The molecule has 180 valence electrons. The van der Waals surface area contributed by atoms with Crippen molar-refractivity contribution < 1.29 is 17.5 Å². The van der Waals surface area contributed by atoms with E-state index in [9.17, 15) is 12.8 Å². The minimum Gasteiger partial charge on any atom is -0.378 e. The Bertz CT molecular complexity index is 1260. The Morgan fingerprint density at radius 2 is 1.59 bits per heavy atom. The van der Waals surface area contributed by atoms with Crippen molar-refractivity contribution in [3.63, 3.8) is 0 Å². The second-order valence-electron chi connectivity index (χ2n) is 8.59. The van der Waals surface area contributed by atoms with Gasteiger partial charge in [0.25, 0.3) is 0 Å². The molecule has 0 N–H and O–H groups in total. The van der Waals surface area contributed by atoms with E-state index in [1.165, 1.54) is 28.6 Å². The fourth-order valence-electron chi connectivity index (χ4n) is 4.53. The van der Waals surface area contributed by atoms with Crippen LogP contribution in [0.25, 0.3) is 10.9 Å². The van der Waals surface area contributed by atoms with Crippen molar-refractivity contribution in [1.29, 1.82) is 0 Å². The van der Waals surface area contributed by atoms with Crippen LogP contribution in [0.4, 0.5) is 10.2 Å². The van der Waals surface area contributed by atoms with E-state index < -0.39 is 15.8 Å². The summed E-state index contributed by atoms with van der Waals surface area (Å²) in [6, 6.07) is 12.9. The summed E-state index contributed by atoms with van der Waals surface area (Å²) in [7, 11) is -3.65. The lowest BCUT2D eigenvalue weighted by molar-refractivity contribution is 0.122. The lowest BCUT2D eigenvalue weighted by Crippen LogP contribution is -2.49. The Labute approximate surface area is 199 Å². The fourth-order valence-corrected chi connectivity index (χ4v) is 5.95. The number of hydrogen-bond acceptors (Lipinski definition) is 7. The van der Waals surface area contributed by atoms with E-state index in [2.05, 4.69) is 16.7 Å². The zero-order chi connectivity index (χ0) is 23.7. The molecule has 0 saturated carbocycles. The number of fused-ring (bicyclic) bond motifs is 1. The molecule has 8 nitrogen and oxygen atoms in total. The van der Waals surface area contributed by atoms with Crippen LogP contribution >= 0.6 is 0 Å². The maximum absolute atomic E-state index is 13.2. The average molecular weight is 486 g/mol. The second kappa shape index (κ2) is 9.53. The molecule has 1 aromatic heterocycles. The molecule has 2 fully saturated rings. The van der Waals surface area contributed by atoms with E-state index in [4.69, 9.17) is 14.7 Å². The van der Waals surface area contributed by atoms with Crippen LogP contribution in [0.1, 0.15) is 18.8 Å². The first-order chi connectivity index (χ1) is 16.4. The number of aromatic nitrogens is 2. The van der Waals surface area contributed by atoms with Crippen molar-refractivity contribution in [3.05, 3.63) is 60.2 Å². The van der Waals surface area contributed by atoms with Crippen molar-refractivity contribution in [2.45, 2.75) is 17.9 Å². The highest BCUT2D eigenvalue weighted by molar-refractivity contribution is 7.89. The molecular weight excluding hydrogens is 457 g/mol.